The Bertz CT molecular complexity index is 543. The fourth-order valence-corrected chi connectivity index (χ4v) is 2.55. The Morgan fingerprint density at radius 1 is 1.29 bits per heavy atom. The molecule has 21 heavy (non-hydrogen) atoms. The van der Waals surface area contributed by atoms with Crippen LogP contribution >= 0.6 is 0 Å². The first-order valence-corrected chi connectivity index (χ1v) is 8.34. The second-order valence-corrected chi connectivity index (χ2v) is 7.29. The van der Waals surface area contributed by atoms with E-state index in [0.717, 1.165) is 0 Å². The van der Waals surface area contributed by atoms with Crippen molar-refractivity contribution >= 4 is 10.1 Å². The number of rotatable bonds is 8. The van der Waals surface area contributed by atoms with Gasteiger partial charge in [-0.2, -0.15) is 8.42 Å². The summed E-state index contributed by atoms with van der Waals surface area (Å²) in [6.45, 7) is 4.17. The van der Waals surface area contributed by atoms with Crippen molar-refractivity contribution in [3.8, 4) is 0 Å². The number of aliphatic hydroxyl groups is 1. The molecule has 0 saturated carbocycles. The maximum atomic E-state index is 12.8. The molecule has 3 N–H and O–H groups in total. The second-order valence-electron chi connectivity index (χ2n) is 5.72. The van der Waals surface area contributed by atoms with E-state index in [1.54, 1.807) is 0 Å². The smallest absolute Gasteiger partial charge is 0.264 e. The Balaban J connectivity index is 2.45. The molecule has 1 aromatic carbocycles. The van der Waals surface area contributed by atoms with Crippen LogP contribution in [-0.2, 0) is 10.1 Å². The van der Waals surface area contributed by atoms with Crippen molar-refractivity contribution in [1.82, 2.24) is 5.32 Å². The van der Waals surface area contributed by atoms with Gasteiger partial charge in [-0.15, -0.1) is 0 Å². The lowest BCUT2D eigenvalue weighted by molar-refractivity contribution is 0.130. The van der Waals surface area contributed by atoms with Gasteiger partial charge in [0.15, 0.2) is 0 Å². The molecule has 0 amide bonds. The van der Waals surface area contributed by atoms with E-state index < -0.39 is 21.8 Å². The van der Waals surface area contributed by atoms with Gasteiger partial charge in [-0.25, -0.2) is 4.39 Å². The van der Waals surface area contributed by atoms with Gasteiger partial charge >= 0.3 is 0 Å². The molecular weight excluding hydrogens is 297 g/mol. The van der Waals surface area contributed by atoms with Crippen molar-refractivity contribution in [2.24, 2.45) is 0 Å². The molecule has 0 aliphatic carbocycles. The predicted octanol–water partition coefficient (Wildman–Crippen LogP) is 1.90. The molecule has 7 heteroatoms. The average Bonchev–Trinajstić information content (AvgIpc) is 2.34. The first-order chi connectivity index (χ1) is 9.59. The first-order valence-electron chi connectivity index (χ1n) is 6.73. The van der Waals surface area contributed by atoms with Gasteiger partial charge < -0.3 is 10.4 Å². The minimum absolute atomic E-state index is 0.287. The molecule has 1 rings (SSSR count). The molecule has 1 unspecified atom stereocenters. The maximum absolute atomic E-state index is 12.8. The molecular formula is C14H22FNO4S. The Kier molecular flexibility index (Phi) is 6.27. The second kappa shape index (κ2) is 7.31. The summed E-state index contributed by atoms with van der Waals surface area (Å²) >= 11 is 0. The molecule has 0 aromatic heterocycles. The van der Waals surface area contributed by atoms with Gasteiger partial charge in [0.2, 0.25) is 0 Å². The van der Waals surface area contributed by atoms with Gasteiger partial charge in [0.1, 0.15) is 5.82 Å². The molecule has 0 radical (unpaired) electrons. The van der Waals surface area contributed by atoms with Crippen LogP contribution < -0.4 is 5.32 Å². The van der Waals surface area contributed by atoms with E-state index in [1.807, 2.05) is 13.8 Å². The third-order valence-corrected chi connectivity index (χ3v) is 3.95. The van der Waals surface area contributed by atoms with E-state index in [1.165, 1.54) is 24.3 Å². The quantitative estimate of drug-likeness (QED) is 0.503. The van der Waals surface area contributed by atoms with Crippen molar-refractivity contribution < 1.29 is 22.5 Å². The summed E-state index contributed by atoms with van der Waals surface area (Å²) in [4.78, 5) is 0. The summed E-state index contributed by atoms with van der Waals surface area (Å²) in [5, 5.41) is 13.3. The van der Waals surface area contributed by atoms with E-state index in [-0.39, 0.29) is 18.0 Å². The van der Waals surface area contributed by atoms with Crippen molar-refractivity contribution in [3.63, 3.8) is 0 Å². The average molecular weight is 319 g/mol. The first kappa shape index (κ1) is 18.0. The summed E-state index contributed by atoms with van der Waals surface area (Å²) in [7, 11) is -3.94. The van der Waals surface area contributed by atoms with Gasteiger partial charge in [0.25, 0.3) is 10.1 Å². The van der Waals surface area contributed by atoms with Gasteiger partial charge in [-0.05, 0) is 50.9 Å². The lowest BCUT2D eigenvalue weighted by atomic mass is 9.93. The number of hydrogen-bond donors (Lipinski definition) is 3. The minimum Gasteiger partial charge on any atom is -0.388 e. The third kappa shape index (κ3) is 7.52. The maximum Gasteiger partial charge on any atom is 0.264 e. The van der Waals surface area contributed by atoms with Crippen molar-refractivity contribution in [3.05, 3.63) is 35.6 Å². The SMILES string of the molecule is CC(C)(CC(O)c1ccc(F)cc1)NCCCS(=O)(=O)O. The van der Waals surface area contributed by atoms with Crippen molar-refractivity contribution in [2.45, 2.75) is 38.3 Å². The zero-order valence-corrected chi connectivity index (χ0v) is 13.0. The van der Waals surface area contributed by atoms with E-state index in [9.17, 15) is 17.9 Å². The summed E-state index contributed by atoms with van der Waals surface area (Å²) in [5.41, 5.74) is 0.205. The topological polar surface area (TPSA) is 86.6 Å². The van der Waals surface area contributed by atoms with Crippen LogP contribution in [0.3, 0.4) is 0 Å². The van der Waals surface area contributed by atoms with E-state index in [0.29, 0.717) is 18.5 Å². The largest absolute Gasteiger partial charge is 0.388 e. The van der Waals surface area contributed by atoms with Crippen molar-refractivity contribution in [2.75, 3.05) is 12.3 Å². The number of hydrogen-bond acceptors (Lipinski definition) is 4. The fourth-order valence-electron chi connectivity index (χ4n) is 2.04. The highest BCUT2D eigenvalue weighted by Crippen LogP contribution is 2.23. The van der Waals surface area contributed by atoms with Gasteiger partial charge in [0.05, 0.1) is 11.9 Å². The number of halogens is 1. The predicted molar refractivity (Wildman–Crippen MR) is 79.1 cm³/mol. The number of nitrogens with one attached hydrogen (secondary N) is 1. The molecule has 5 nitrogen and oxygen atoms in total. The standard InChI is InChI=1S/C14H22FNO4S/c1-14(2,16-8-3-9-21(18,19)20)10-13(17)11-4-6-12(15)7-5-11/h4-7,13,16-17H,3,8-10H2,1-2H3,(H,18,19,20). The number of aliphatic hydroxyl groups excluding tert-OH is 1. The van der Waals surface area contributed by atoms with Crippen LogP contribution in [0.25, 0.3) is 0 Å². The normalized spacial score (nSPS) is 14.1. The molecule has 0 aliphatic rings. The molecule has 0 saturated heterocycles. The summed E-state index contributed by atoms with van der Waals surface area (Å²) < 4.78 is 42.7. The summed E-state index contributed by atoms with van der Waals surface area (Å²) in [6.07, 6.45) is -0.0611. The van der Waals surface area contributed by atoms with Crippen LogP contribution in [0.5, 0.6) is 0 Å². The molecule has 120 valence electrons. The summed E-state index contributed by atoms with van der Waals surface area (Å²) in [6, 6.07) is 5.67. The lowest BCUT2D eigenvalue weighted by Crippen LogP contribution is -2.41. The van der Waals surface area contributed by atoms with Crippen LogP contribution in [0.15, 0.2) is 24.3 Å². The minimum atomic E-state index is -3.94. The highest BCUT2D eigenvalue weighted by atomic mass is 32.2. The van der Waals surface area contributed by atoms with Crippen LogP contribution in [0.2, 0.25) is 0 Å². The van der Waals surface area contributed by atoms with E-state index in [2.05, 4.69) is 5.32 Å². The Morgan fingerprint density at radius 3 is 2.38 bits per heavy atom. The highest BCUT2D eigenvalue weighted by Gasteiger charge is 2.22. The molecule has 0 heterocycles. The van der Waals surface area contributed by atoms with Crippen LogP contribution in [0.4, 0.5) is 4.39 Å². The molecule has 0 spiro atoms. The Morgan fingerprint density at radius 2 is 1.86 bits per heavy atom. The fraction of sp³-hybridized carbons (Fsp3) is 0.571. The van der Waals surface area contributed by atoms with Gasteiger partial charge in [-0.3, -0.25) is 4.55 Å². The molecule has 0 fully saturated rings. The van der Waals surface area contributed by atoms with E-state index in [4.69, 9.17) is 4.55 Å². The van der Waals surface area contributed by atoms with Gasteiger partial charge in [-0.1, -0.05) is 12.1 Å². The highest BCUT2D eigenvalue weighted by molar-refractivity contribution is 7.85. The molecule has 0 aliphatic heterocycles. The Labute approximate surface area is 124 Å². The van der Waals surface area contributed by atoms with E-state index >= 15 is 0 Å². The molecule has 1 atom stereocenters. The van der Waals surface area contributed by atoms with Crippen molar-refractivity contribution in [1.29, 1.82) is 0 Å². The zero-order valence-electron chi connectivity index (χ0n) is 12.2. The third-order valence-electron chi connectivity index (χ3n) is 3.14. The van der Waals surface area contributed by atoms with Crippen LogP contribution in [0, 0.1) is 5.82 Å². The monoisotopic (exact) mass is 319 g/mol. The Hall–Kier alpha value is -1.02. The molecule has 0 bridgehead atoms. The zero-order chi connectivity index (χ0) is 16.1. The lowest BCUT2D eigenvalue weighted by Gasteiger charge is -2.29. The number of benzene rings is 1. The summed E-state index contributed by atoms with van der Waals surface area (Å²) in [5.74, 6) is -0.648. The van der Waals surface area contributed by atoms with Gasteiger partial charge in [0, 0.05) is 5.54 Å². The molecule has 1 aromatic rings. The van der Waals surface area contributed by atoms with Crippen LogP contribution in [-0.4, -0.2) is 35.9 Å². The van der Waals surface area contributed by atoms with Crippen LogP contribution in [0.1, 0.15) is 38.4 Å².